The molecule has 1 saturated heterocycles. The van der Waals surface area contributed by atoms with Gasteiger partial charge >= 0.3 is 0 Å². The van der Waals surface area contributed by atoms with E-state index in [4.69, 9.17) is 22.1 Å². The molecule has 1 aliphatic rings. The molecule has 3 unspecified atom stereocenters. The Kier molecular flexibility index (Phi) is 6.47. The summed E-state index contributed by atoms with van der Waals surface area (Å²) < 4.78 is 6.60. The predicted octanol–water partition coefficient (Wildman–Crippen LogP) is 2.57. The third kappa shape index (κ3) is 4.91. The minimum atomic E-state index is -0.0961. The van der Waals surface area contributed by atoms with Crippen LogP contribution in [0.5, 0.6) is 0 Å². The van der Waals surface area contributed by atoms with Crippen molar-refractivity contribution in [3.63, 3.8) is 0 Å². The van der Waals surface area contributed by atoms with Gasteiger partial charge in [-0.05, 0) is 31.0 Å². The number of ether oxygens (including phenoxy) is 1. The Morgan fingerprint density at radius 2 is 2.29 bits per heavy atom. The highest BCUT2D eigenvalue weighted by molar-refractivity contribution is 9.10. The van der Waals surface area contributed by atoms with Gasteiger partial charge in [0.05, 0.1) is 18.8 Å². The molecule has 0 radical (unpaired) electrons. The maximum Gasteiger partial charge on any atom is 0.0936 e. The van der Waals surface area contributed by atoms with Crippen LogP contribution in [-0.2, 0) is 4.74 Å². The van der Waals surface area contributed by atoms with Crippen LogP contribution in [0.2, 0.25) is 5.02 Å². The molecule has 1 heterocycles. The number of benzene rings is 1. The fourth-order valence-corrected chi connectivity index (χ4v) is 3.52. The number of halogens is 2. The zero-order valence-electron chi connectivity index (χ0n) is 12.1. The highest BCUT2D eigenvalue weighted by atomic mass is 79.9. The summed E-state index contributed by atoms with van der Waals surface area (Å²) in [6.07, 6.45) is 0.872. The van der Waals surface area contributed by atoms with Crippen molar-refractivity contribution in [3.8, 4) is 0 Å². The number of hydrogen-bond acceptors (Lipinski definition) is 4. The molecule has 1 aliphatic heterocycles. The molecule has 0 spiro atoms. The van der Waals surface area contributed by atoms with Crippen molar-refractivity contribution in [3.05, 3.63) is 33.3 Å². The van der Waals surface area contributed by atoms with Crippen molar-refractivity contribution < 1.29 is 9.84 Å². The zero-order valence-corrected chi connectivity index (χ0v) is 14.5. The van der Waals surface area contributed by atoms with Gasteiger partial charge in [-0.2, -0.15) is 0 Å². The van der Waals surface area contributed by atoms with Crippen LogP contribution >= 0.6 is 27.5 Å². The summed E-state index contributed by atoms with van der Waals surface area (Å²) >= 11 is 9.64. The average molecular weight is 378 g/mol. The molecule has 3 atom stereocenters. The first-order valence-electron chi connectivity index (χ1n) is 7.18. The zero-order chi connectivity index (χ0) is 15.4. The minimum Gasteiger partial charge on any atom is -0.394 e. The first-order valence-corrected chi connectivity index (χ1v) is 8.36. The van der Waals surface area contributed by atoms with Gasteiger partial charge in [0.15, 0.2) is 0 Å². The van der Waals surface area contributed by atoms with E-state index in [9.17, 15) is 5.11 Å². The second-order valence-electron chi connectivity index (χ2n) is 5.57. The second-order valence-corrected chi connectivity index (χ2v) is 6.89. The topological polar surface area (TPSA) is 58.7 Å². The van der Waals surface area contributed by atoms with E-state index in [0.29, 0.717) is 5.02 Å². The van der Waals surface area contributed by atoms with Gasteiger partial charge in [0.1, 0.15) is 0 Å². The van der Waals surface area contributed by atoms with Gasteiger partial charge in [0.2, 0.25) is 0 Å². The Morgan fingerprint density at radius 1 is 1.52 bits per heavy atom. The number of rotatable bonds is 5. The lowest BCUT2D eigenvalue weighted by Gasteiger charge is -2.36. The summed E-state index contributed by atoms with van der Waals surface area (Å²) in [4.78, 5) is 2.29. The second kappa shape index (κ2) is 7.90. The first kappa shape index (κ1) is 17.2. The van der Waals surface area contributed by atoms with Crippen molar-refractivity contribution in [2.45, 2.75) is 31.6 Å². The minimum absolute atomic E-state index is 0.0609. The summed E-state index contributed by atoms with van der Waals surface area (Å²) in [7, 11) is 0. The Labute approximate surface area is 139 Å². The average Bonchev–Trinajstić information content (AvgIpc) is 2.44. The van der Waals surface area contributed by atoms with Crippen molar-refractivity contribution in [1.82, 2.24) is 4.90 Å². The van der Waals surface area contributed by atoms with Crippen molar-refractivity contribution in [1.29, 1.82) is 0 Å². The number of aliphatic hydroxyl groups is 1. The van der Waals surface area contributed by atoms with Crippen LogP contribution in [0.15, 0.2) is 22.7 Å². The molecule has 118 valence electrons. The van der Waals surface area contributed by atoms with Crippen LogP contribution in [-0.4, -0.2) is 48.5 Å². The fourth-order valence-electron chi connectivity index (χ4n) is 2.70. The van der Waals surface area contributed by atoms with Crippen LogP contribution < -0.4 is 5.73 Å². The smallest absolute Gasteiger partial charge is 0.0936 e. The van der Waals surface area contributed by atoms with E-state index in [1.165, 1.54) is 0 Å². The van der Waals surface area contributed by atoms with E-state index < -0.39 is 0 Å². The van der Waals surface area contributed by atoms with Crippen LogP contribution in [0.3, 0.4) is 0 Å². The van der Waals surface area contributed by atoms with Crippen LogP contribution in [0.25, 0.3) is 0 Å². The third-order valence-electron chi connectivity index (χ3n) is 3.72. The van der Waals surface area contributed by atoms with Gasteiger partial charge in [-0.3, -0.25) is 4.90 Å². The normalized spacial score (nSPS) is 25.0. The maximum atomic E-state index is 9.25. The van der Waals surface area contributed by atoms with Gasteiger partial charge in [-0.25, -0.2) is 0 Å². The van der Waals surface area contributed by atoms with Gasteiger partial charge in [-0.1, -0.05) is 33.6 Å². The van der Waals surface area contributed by atoms with Gasteiger partial charge in [0.25, 0.3) is 0 Å². The number of aliphatic hydroxyl groups excluding tert-OH is 1. The number of nitrogens with two attached hydrogens (primary N) is 1. The summed E-state index contributed by atoms with van der Waals surface area (Å²) in [5, 5.41) is 9.94. The van der Waals surface area contributed by atoms with E-state index in [1.54, 1.807) is 0 Å². The lowest BCUT2D eigenvalue weighted by Crippen LogP contribution is -2.48. The molecule has 3 N–H and O–H groups in total. The summed E-state index contributed by atoms with van der Waals surface area (Å²) in [5.74, 6) is 0. The quantitative estimate of drug-likeness (QED) is 0.828. The SMILES string of the molecule is CC1CN(CCC(N)c2ccc(Br)cc2Cl)CC(CO)O1. The Morgan fingerprint density at radius 3 is 2.95 bits per heavy atom. The van der Waals surface area contributed by atoms with Crippen LogP contribution in [0.4, 0.5) is 0 Å². The predicted molar refractivity (Wildman–Crippen MR) is 88.6 cm³/mol. The molecule has 0 aromatic heterocycles. The highest BCUT2D eigenvalue weighted by Gasteiger charge is 2.25. The molecule has 0 amide bonds. The standard InChI is InChI=1S/C15H22BrClN2O2/c1-10-7-19(8-12(9-20)21-10)5-4-15(18)13-3-2-11(16)6-14(13)17/h2-3,6,10,12,15,20H,4-5,7-9,18H2,1H3. The van der Waals surface area contributed by atoms with Gasteiger partial charge in [-0.15, -0.1) is 0 Å². The molecule has 1 aromatic rings. The van der Waals surface area contributed by atoms with E-state index in [0.717, 1.165) is 36.1 Å². The van der Waals surface area contributed by atoms with Crippen molar-refractivity contribution >= 4 is 27.5 Å². The molecular weight excluding hydrogens is 356 g/mol. The maximum absolute atomic E-state index is 9.25. The van der Waals surface area contributed by atoms with Crippen LogP contribution in [0, 0.1) is 0 Å². The molecule has 4 nitrogen and oxygen atoms in total. The van der Waals surface area contributed by atoms with Gasteiger partial charge < -0.3 is 15.6 Å². The number of nitrogens with zero attached hydrogens (tertiary/aromatic N) is 1. The number of hydrogen-bond donors (Lipinski definition) is 2. The Balaban J connectivity index is 1.89. The number of morpholine rings is 1. The van der Waals surface area contributed by atoms with E-state index >= 15 is 0 Å². The van der Waals surface area contributed by atoms with Crippen molar-refractivity contribution in [2.75, 3.05) is 26.2 Å². The highest BCUT2D eigenvalue weighted by Crippen LogP contribution is 2.27. The lowest BCUT2D eigenvalue weighted by atomic mass is 10.0. The summed E-state index contributed by atoms with van der Waals surface area (Å²) in [6.45, 7) is 4.59. The molecule has 1 fully saturated rings. The molecule has 0 bridgehead atoms. The molecular formula is C15H22BrClN2O2. The van der Waals surface area contributed by atoms with Crippen LogP contribution in [0.1, 0.15) is 24.9 Å². The molecule has 6 heteroatoms. The van der Waals surface area contributed by atoms with Gasteiger partial charge in [0, 0.05) is 35.2 Å². The summed E-state index contributed by atoms with van der Waals surface area (Å²) in [6, 6.07) is 5.71. The fraction of sp³-hybridized carbons (Fsp3) is 0.600. The Hall–Kier alpha value is -0.170. The third-order valence-corrected chi connectivity index (χ3v) is 4.54. The largest absolute Gasteiger partial charge is 0.394 e. The molecule has 0 aliphatic carbocycles. The first-order chi connectivity index (χ1) is 9.99. The van der Waals surface area contributed by atoms with E-state index in [1.807, 2.05) is 25.1 Å². The molecule has 21 heavy (non-hydrogen) atoms. The lowest BCUT2D eigenvalue weighted by molar-refractivity contribution is -0.0954. The van der Waals surface area contributed by atoms with Crippen molar-refractivity contribution in [2.24, 2.45) is 5.73 Å². The Bertz CT molecular complexity index is 475. The van der Waals surface area contributed by atoms with E-state index in [-0.39, 0.29) is 24.9 Å². The van der Waals surface area contributed by atoms with E-state index in [2.05, 4.69) is 20.8 Å². The molecule has 0 saturated carbocycles. The molecule has 2 rings (SSSR count). The summed E-state index contributed by atoms with van der Waals surface area (Å²) in [5.41, 5.74) is 7.23. The molecule has 1 aromatic carbocycles. The monoisotopic (exact) mass is 376 g/mol.